The fourth-order valence-corrected chi connectivity index (χ4v) is 2.65. The van der Waals surface area contributed by atoms with Crippen LogP contribution in [0, 0.1) is 16.7 Å². The molecule has 0 aromatic carbocycles. The van der Waals surface area contributed by atoms with Crippen molar-refractivity contribution in [2.75, 3.05) is 6.61 Å². The Kier molecular flexibility index (Phi) is 2.29. The standard InChI is InChI=1S/C11H17NO2/c1-2-14-9-6-11(13,7-9)10(8-12)4-3-5-10/h9,13H,2-7H2,1H3. The monoisotopic (exact) mass is 195 g/mol. The molecule has 0 bridgehead atoms. The van der Waals surface area contributed by atoms with E-state index in [4.69, 9.17) is 10.00 Å². The van der Waals surface area contributed by atoms with Crippen LogP contribution in [-0.4, -0.2) is 23.4 Å². The summed E-state index contributed by atoms with van der Waals surface area (Å²) in [6.07, 6.45) is 4.27. The molecule has 0 amide bonds. The zero-order chi connectivity index (χ0) is 10.2. The van der Waals surface area contributed by atoms with Crippen molar-refractivity contribution >= 4 is 0 Å². The van der Waals surface area contributed by atoms with Crippen molar-refractivity contribution < 1.29 is 9.84 Å². The highest BCUT2D eigenvalue weighted by Crippen LogP contribution is 2.57. The first-order valence-electron chi connectivity index (χ1n) is 5.41. The summed E-state index contributed by atoms with van der Waals surface area (Å²) in [4.78, 5) is 0. The zero-order valence-corrected chi connectivity index (χ0v) is 8.62. The molecular formula is C11H17NO2. The van der Waals surface area contributed by atoms with Gasteiger partial charge in [0.05, 0.1) is 23.2 Å². The average Bonchev–Trinajstić information content (AvgIpc) is 2.01. The highest BCUT2D eigenvalue weighted by molar-refractivity contribution is 5.20. The van der Waals surface area contributed by atoms with Gasteiger partial charge in [0.2, 0.25) is 0 Å². The van der Waals surface area contributed by atoms with Crippen LogP contribution in [0.3, 0.4) is 0 Å². The largest absolute Gasteiger partial charge is 0.388 e. The topological polar surface area (TPSA) is 53.2 Å². The Labute approximate surface area is 84.7 Å². The van der Waals surface area contributed by atoms with Crippen molar-refractivity contribution in [2.24, 2.45) is 5.41 Å². The zero-order valence-electron chi connectivity index (χ0n) is 8.62. The van der Waals surface area contributed by atoms with E-state index in [1.54, 1.807) is 0 Å². The summed E-state index contributed by atoms with van der Waals surface area (Å²) in [6.45, 7) is 2.65. The molecule has 1 N–H and O–H groups in total. The average molecular weight is 195 g/mol. The van der Waals surface area contributed by atoms with Gasteiger partial charge in [0.15, 0.2) is 0 Å². The van der Waals surface area contributed by atoms with Crippen LogP contribution < -0.4 is 0 Å². The summed E-state index contributed by atoms with van der Waals surface area (Å²) in [5.74, 6) is 0. The Morgan fingerprint density at radius 2 is 2.14 bits per heavy atom. The molecule has 3 heteroatoms. The molecule has 0 saturated heterocycles. The van der Waals surface area contributed by atoms with Crippen LogP contribution in [-0.2, 0) is 4.74 Å². The number of rotatable bonds is 3. The summed E-state index contributed by atoms with van der Waals surface area (Å²) >= 11 is 0. The van der Waals surface area contributed by atoms with E-state index < -0.39 is 11.0 Å². The number of hydrogen-bond donors (Lipinski definition) is 1. The van der Waals surface area contributed by atoms with Gasteiger partial charge in [-0.25, -0.2) is 0 Å². The Bertz CT molecular complexity index is 259. The van der Waals surface area contributed by atoms with Crippen LogP contribution >= 0.6 is 0 Å². The third-order valence-electron chi connectivity index (χ3n) is 3.84. The minimum atomic E-state index is -0.750. The van der Waals surface area contributed by atoms with Gasteiger partial charge in [-0.05, 0) is 19.8 Å². The Morgan fingerprint density at radius 1 is 1.50 bits per heavy atom. The molecule has 0 aromatic heterocycles. The predicted octanol–water partition coefficient (Wildman–Crippen LogP) is 1.61. The van der Waals surface area contributed by atoms with Crippen LogP contribution in [0.4, 0.5) is 0 Å². The van der Waals surface area contributed by atoms with E-state index >= 15 is 0 Å². The van der Waals surface area contributed by atoms with E-state index in [1.165, 1.54) is 0 Å². The number of nitrogens with zero attached hydrogens (tertiary/aromatic N) is 1. The van der Waals surface area contributed by atoms with Crippen LogP contribution in [0.2, 0.25) is 0 Å². The second-order valence-electron chi connectivity index (χ2n) is 4.56. The quantitative estimate of drug-likeness (QED) is 0.744. The first-order valence-corrected chi connectivity index (χ1v) is 5.41. The van der Waals surface area contributed by atoms with Gasteiger partial charge in [-0.3, -0.25) is 0 Å². The van der Waals surface area contributed by atoms with E-state index in [-0.39, 0.29) is 6.10 Å². The van der Waals surface area contributed by atoms with Gasteiger partial charge in [0, 0.05) is 19.4 Å². The van der Waals surface area contributed by atoms with E-state index in [0.717, 1.165) is 19.3 Å². The predicted molar refractivity (Wildman–Crippen MR) is 51.5 cm³/mol. The third kappa shape index (κ3) is 1.18. The summed E-state index contributed by atoms with van der Waals surface area (Å²) in [6, 6.07) is 2.31. The normalized spacial score (nSPS) is 39.4. The van der Waals surface area contributed by atoms with Crippen molar-refractivity contribution in [3.05, 3.63) is 0 Å². The van der Waals surface area contributed by atoms with Crippen LogP contribution in [0.5, 0.6) is 0 Å². The second kappa shape index (κ2) is 3.22. The summed E-state index contributed by atoms with van der Waals surface area (Å²) < 4.78 is 5.41. The molecule has 0 aliphatic heterocycles. The molecule has 0 spiro atoms. The maximum absolute atomic E-state index is 10.3. The molecular weight excluding hydrogens is 178 g/mol. The number of hydrogen-bond acceptors (Lipinski definition) is 3. The molecule has 0 aromatic rings. The molecule has 0 heterocycles. The lowest BCUT2D eigenvalue weighted by atomic mass is 9.52. The summed E-state index contributed by atoms with van der Waals surface area (Å²) in [7, 11) is 0. The highest BCUT2D eigenvalue weighted by Gasteiger charge is 2.61. The lowest BCUT2D eigenvalue weighted by Gasteiger charge is -2.56. The summed E-state index contributed by atoms with van der Waals surface area (Å²) in [5, 5.41) is 19.4. The molecule has 0 atom stereocenters. The molecule has 78 valence electrons. The van der Waals surface area contributed by atoms with Gasteiger partial charge in [0.1, 0.15) is 0 Å². The van der Waals surface area contributed by atoms with Crippen LogP contribution in [0.15, 0.2) is 0 Å². The Balaban J connectivity index is 1.96. The fourth-order valence-electron chi connectivity index (χ4n) is 2.65. The van der Waals surface area contributed by atoms with E-state index in [2.05, 4.69) is 6.07 Å². The summed E-state index contributed by atoms with van der Waals surface area (Å²) in [5.41, 5.74) is -1.19. The van der Waals surface area contributed by atoms with Crippen molar-refractivity contribution in [1.82, 2.24) is 0 Å². The Morgan fingerprint density at radius 3 is 2.50 bits per heavy atom. The lowest BCUT2D eigenvalue weighted by Crippen LogP contribution is -2.61. The maximum Gasteiger partial charge on any atom is 0.0882 e. The first-order chi connectivity index (χ1) is 6.66. The molecule has 2 rings (SSSR count). The molecule has 2 aliphatic rings. The molecule has 3 nitrogen and oxygen atoms in total. The minimum absolute atomic E-state index is 0.177. The number of aliphatic hydroxyl groups is 1. The number of ether oxygens (including phenoxy) is 1. The Hall–Kier alpha value is -0.590. The lowest BCUT2D eigenvalue weighted by molar-refractivity contribution is -0.205. The van der Waals surface area contributed by atoms with Crippen molar-refractivity contribution in [3.8, 4) is 6.07 Å². The SMILES string of the molecule is CCOC1CC(O)(C2(C#N)CCC2)C1. The van der Waals surface area contributed by atoms with Crippen molar-refractivity contribution in [3.63, 3.8) is 0 Å². The highest BCUT2D eigenvalue weighted by atomic mass is 16.5. The maximum atomic E-state index is 10.3. The van der Waals surface area contributed by atoms with Gasteiger partial charge in [-0.1, -0.05) is 6.42 Å². The first kappa shape index (κ1) is 9.95. The van der Waals surface area contributed by atoms with Crippen molar-refractivity contribution in [2.45, 2.75) is 50.7 Å². The van der Waals surface area contributed by atoms with Crippen LogP contribution in [0.25, 0.3) is 0 Å². The third-order valence-corrected chi connectivity index (χ3v) is 3.84. The molecule has 0 unspecified atom stereocenters. The van der Waals surface area contributed by atoms with E-state index in [0.29, 0.717) is 19.4 Å². The van der Waals surface area contributed by atoms with Gasteiger partial charge in [-0.2, -0.15) is 5.26 Å². The molecule has 2 fully saturated rings. The van der Waals surface area contributed by atoms with Gasteiger partial charge >= 0.3 is 0 Å². The van der Waals surface area contributed by atoms with E-state index in [9.17, 15) is 5.11 Å². The molecule has 0 radical (unpaired) electrons. The minimum Gasteiger partial charge on any atom is -0.388 e. The smallest absolute Gasteiger partial charge is 0.0882 e. The number of nitriles is 1. The van der Waals surface area contributed by atoms with Crippen molar-refractivity contribution in [1.29, 1.82) is 5.26 Å². The molecule has 14 heavy (non-hydrogen) atoms. The second-order valence-corrected chi connectivity index (χ2v) is 4.56. The van der Waals surface area contributed by atoms with Gasteiger partial charge in [0.25, 0.3) is 0 Å². The van der Waals surface area contributed by atoms with Gasteiger partial charge in [-0.15, -0.1) is 0 Å². The van der Waals surface area contributed by atoms with Crippen LogP contribution in [0.1, 0.15) is 39.0 Å². The van der Waals surface area contributed by atoms with Gasteiger partial charge < -0.3 is 9.84 Å². The molecule has 2 aliphatic carbocycles. The fraction of sp³-hybridized carbons (Fsp3) is 0.909. The van der Waals surface area contributed by atoms with E-state index in [1.807, 2.05) is 6.92 Å². The molecule has 2 saturated carbocycles.